The summed E-state index contributed by atoms with van der Waals surface area (Å²) in [4.78, 5) is 16.9. The Morgan fingerprint density at radius 1 is 1.20 bits per heavy atom. The molecule has 2 aromatic rings. The number of aromatic nitrogens is 1. The summed E-state index contributed by atoms with van der Waals surface area (Å²) in [5.41, 5.74) is 2.10. The fraction of sp³-hybridized carbons (Fsp3) is 0.368. The van der Waals surface area contributed by atoms with Gasteiger partial charge in [0.25, 0.3) is 0 Å². The van der Waals surface area contributed by atoms with Crippen LogP contribution in [-0.4, -0.2) is 51.9 Å². The molecule has 6 nitrogen and oxygen atoms in total. The highest BCUT2D eigenvalue weighted by molar-refractivity contribution is 5.68. The van der Waals surface area contributed by atoms with Gasteiger partial charge in [-0.1, -0.05) is 18.2 Å². The molecule has 0 aliphatic carbocycles. The largest absolute Gasteiger partial charge is 0.482 e. The first kappa shape index (κ1) is 17.4. The highest BCUT2D eigenvalue weighted by Crippen LogP contribution is 2.26. The number of rotatable bonds is 7. The van der Waals surface area contributed by atoms with Crippen LogP contribution in [0.1, 0.15) is 11.1 Å². The van der Waals surface area contributed by atoms with Crippen molar-refractivity contribution in [3.05, 3.63) is 59.9 Å². The van der Waals surface area contributed by atoms with E-state index in [4.69, 9.17) is 9.84 Å². The molecule has 0 spiro atoms. The molecule has 1 saturated heterocycles. The molecule has 1 aromatic carbocycles. The van der Waals surface area contributed by atoms with Gasteiger partial charge in [-0.25, -0.2) is 4.79 Å². The molecule has 0 amide bonds. The zero-order chi connectivity index (χ0) is 17.6. The minimum absolute atomic E-state index is 0.175. The van der Waals surface area contributed by atoms with Crippen LogP contribution in [0.4, 0.5) is 0 Å². The number of aliphatic hydroxyl groups excluding tert-OH is 1. The van der Waals surface area contributed by atoms with Crippen LogP contribution in [0.5, 0.6) is 5.75 Å². The van der Waals surface area contributed by atoms with Crippen LogP contribution in [0.15, 0.2) is 48.8 Å². The van der Waals surface area contributed by atoms with Crippen LogP contribution >= 0.6 is 0 Å². The number of carboxylic acid groups (broad SMARTS) is 1. The molecule has 0 bridgehead atoms. The van der Waals surface area contributed by atoms with E-state index in [1.807, 2.05) is 30.3 Å². The summed E-state index contributed by atoms with van der Waals surface area (Å²) in [5, 5.41) is 19.2. The van der Waals surface area contributed by atoms with Crippen LogP contribution in [0.2, 0.25) is 0 Å². The summed E-state index contributed by atoms with van der Waals surface area (Å²) in [6.45, 7) is 1.66. The predicted octanol–water partition coefficient (Wildman–Crippen LogP) is 1.58. The SMILES string of the molecule is O=C(O)COc1ccccc1CN1C[C@@H](Cc2ccncc2)[C@@H](O)C1. The summed E-state index contributed by atoms with van der Waals surface area (Å²) in [5.74, 6) is -0.240. The van der Waals surface area contributed by atoms with Crippen molar-refractivity contribution in [3.8, 4) is 5.75 Å². The fourth-order valence-corrected chi connectivity index (χ4v) is 3.25. The first-order chi connectivity index (χ1) is 12.1. The van der Waals surface area contributed by atoms with E-state index in [-0.39, 0.29) is 18.6 Å². The van der Waals surface area contributed by atoms with E-state index < -0.39 is 5.97 Å². The number of aliphatic carboxylic acids is 1. The molecular formula is C19H22N2O4. The molecule has 6 heteroatoms. The van der Waals surface area contributed by atoms with Gasteiger partial charge in [0.05, 0.1) is 6.10 Å². The van der Waals surface area contributed by atoms with E-state index in [0.717, 1.165) is 18.5 Å². The molecule has 0 unspecified atom stereocenters. The topological polar surface area (TPSA) is 82.9 Å². The highest BCUT2D eigenvalue weighted by atomic mass is 16.5. The highest BCUT2D eigenvalue weighted by Gasteiger charge is 2.31. The fourth-order valence-electron chi connectivity index (χ4n) is 3.25. The van der Waals surface area contributed by atoms with Crippen molar-refractivity contribution in [2.24, 2.45) is 5.92 Å². The first-order valence-electron chi connectivity index (χ1n) is 8.33. The van der Waals surface area contributed by atoms with Crippen molar-refractivity contribution in [1.29, 1.82) is 0 Å². The number of ether oxygens (including phenoxy) is 1. The van der Waals surface area contributed by atoms with Gasteiger partial charge >= 0.3 is 5.97 Å². The first-order valence-corrected chi connectivity index (χ1v) is 8.33. The average Bonchev–Trinajstić information content (AvgIpc) is 2.94. The molecule has 0 radical (unpaired) electrons. The Labute approximate surface area is 146 Å². The quantitative estimate of drug-likeness (QED) is 0.795. The maximum Gasteiger partial charge on any atom is 0.341 e. The normalized spacial score (nSPS) is 20.5. The third-order valence-electron chi connectivity index (χ3n) is 4.45. The number of hydrogen-bond acceptors (Lipinski definition) is 5. The second-order valence-corrected chi connectivity index (χ2v) is 6.37. The molecule has 1 aliphatic heterocycles. The van der Waals surface area contributed by atoms with Gasteiger partial charge in [-0.2, -0.15) is 0 Å². The Balaban J connectivity index is 1.61. The van der Waals surface area contributed by atoms with Crippen LogP contribution in [0.25, 0.3) is 0 Å². The van der Waals surface area contributed by atoms with Gasteiger partial charge in [-0.05, 0) is 30.2 Å². The van der Waals surface area contributed by atoms with Gasteiger partial charge in [0.2, 0.25) is 0 Å². The molecule has 0 saturated carbocycles. The molecule has 2 atom stereocenters. The van der Waals surface area contributed by atoms with Crippen LogP contribution in [0.3, 0.4) is 0 Å². The third kappa shape index (κ3) is 4.78. The van der Waals surface area contributed by atoms with Crippen LogP contribution < -0.4 is 4.74 Å². The van der Waals surface area contributed by atoms with Gasteiger partial charge in [0.1, 0.15) is 5.75 Å². The molecule has 132 valence electrons. The standard InChI is InChI=1S/C19H22N2O4/c22-17-12-21(11-16(17)9-14-5-7-20-8-6-14)10-15-3-1-2-4-18(15)25-13-19(23)24/h1-8,16-17,22H,9-13H2,(H,23,24)/t16-,17+/m1/s1. The average molecular weight is 342 g/mol. The van der Waals surface area contributed by atoms with Crippen molar-refractivity contribution in [3.63, 3.8) is 0 Å². The minimum Gasteiger partial charge on any atom is -0.482 e. The maximum absolute atomic E-state index is 10.7. The third-order valence-corrected chi connectivity index (χ3v) is 4.45. The van der Waals surface area contributed by atoms with E-state index in [2.05, 4.69) is 9.88 Å². The number of para-hydroxylation sites is 1. The van der Waals surface area contributed by atoms with Crippen molar-refractivity contribution in [2.45, 2.75) is 19.1 Å². The van der Waals surface area contributed by atoms with Crippen LogP contribution in [0, 0.1) is 5.92 Å². The van der Waals surface area contributed by atoms with Gasteiger partial charge in [0, 0.05) is 43.5 Å². The summed E-state index contributed by atoms with van der Waals surface area (Å²) < 4.78 is 5.36. The molecule has 1 fully saturated rings. The van der Waals surface area contributed by atoms with Crippen molar-refractivity contribution in [1.82, 2.24) is 9.88 Å². The summed E-state index contributed by atoms with van der Waals surface area (Å²) in [7, 11) is 0. The zero-order valence-electron chi connectivity index (χ0n) is 13.9. The molecule has 1 aromatic heterocycles. The minimum atomic E-state index is -0.996. The van der Waals surface area contributed by atoms with E-state index in [1.54, 1.807) is 18.5 Å². The number of nitrogens with zero attached hydrogens (tertiary/aromatic N) is 2. The Morgan fingerprint density at radius 3 is 2.72 bits per heavy atom. The lowest BCUT2D eigenvalue weighted by atomic mass is 9.97. The monoisotopic (exact) mass is 342 g/mol. The zero-order valence-corrected chi connectivity index (χ0v) is 13.9. The molecule has 25 heavy (non-hydrogen) atoms. The second-order valence-electron chi connectivity index (χ2n) is 6.37. The molecule has 2 N–H and O–H groups in total. The molecule has 1 aliphatic rings. The number of likely N-dealkylation sites (tertiary alicyclic amines) is 1. The molecular weight excluding hydrogens is 320 g/mol. The predicted molar refractivity (Wildman–Crippen MR) is 92.3 cm³/mol. The van der Waals surface area contributed by atoms with Crippen molar-refractivity contribution < 1.29 is 19.7 Å². The van der Waals surface area contributed by atoms with E-state index in [9.17, 15) is 9.90 Å². The lowest BCUT2D eigenvalue weighted by Gasteiger charge is -2.18. The van der Waals surface area contributed by atoms with Gasteiger partial charge < -0.3 is 14.9 Å². The maximum atomic E-state index is 10.7. The van der Waals surface area contributed by atoms with Crippen molar-refractivity contribution in [2.75, 3.05) is 19.7 Å². The Morgan fingerprint density at radius 2 is 1.96 bits per heavy atom. The number of β-amino-alcohol motifs (C(OH)–C–C–N with tert-alkyl or cyclic N) is 1. The Bertz CT molecular complexity index is 708. The smallest absolute Gasteiger partial charge is 0.341 e. The molecule has 2 heterocycles. The number of pyridine rings is 1. The Hall–Kier alpha value is -2.44. The van der Waals surface area contributed by atoms with Crippen molar-refractivity contribution >= 4 is 5.97 Å². The summed E-state index contributed by atoms with van der Waals surface area (Å²) in [6.07, 6.45) is 3.98. The number of aliphatic hydroxyl groups is 1. The molecule has 3 rings (SSSR count). The number of benzene rings is 1. The van der Waals surface area contributed by atoms with Gasteiger partial charge in [-0.15, -0.1) is 0 Å². The van der Waals surface area contributed by atoms with E-state index >= 15 is 0 Å². The number of hydrogen-bond donors (Lipinski definition) is 2. The lowest BCUT2D eigenvalue weighted by Crippen LogP contribution is -2.22. The second kappa shape index (κ2) is 8.09. The Kier molecular flexibility index (Phi) is 5.63. The van der Waals surface area contributed by atoms with Gasteiger partial charge in [-0.3, -0.25) is 9.88 Å². The van der Waals surface area contributed by atoms with Gasteiger partial charge in [0.15, 0.2) is 6.61 Å². The summed E-state index contributed by atoms with van der Waals surface area (Å²) in [6, 6.07) is 11.4. The number of carboxylic acids is 1. The lowest BCUT2D eigenvalue weighted by molar-refractivity contribution is -0.139. The van der Waals surface area contributed by atoms with E-state index in [0.29, 0.717) is 18.8 Å². The summed E-state index contributed by atoms with van der Waals surface area (Å²) >= 11 is 0. The van der Waals surface area contributed by atoms with E-state index in [1.165, 1.54) is 5.56 Å². The number of carbonyl (C=O) groups is 1. The van der Waals surface area contributed by atoms with Crippen LogP contribution in [-0.2, 0) is 17.8 Å².